The molecule has 0 amide bonds. The predicted molar refractivity (Wildman–Crippen MR) is 32.0 cm³/mol. The molecule has 52 valence electrons. The Hall–Kier alpha value is 0.430. The third-order valence-electron chi connectivity index (χ3n) is 0.302. The van der Waals surface area contributed by atoms with E-state index in [9.17, 15) is 4.79 Å². The van der Waals surface area contributed by atoms with Gasteiger partial charge in [0.05, 0.1) is 0 Å². The van der Waals surface area contributed by atoms with Gasteiger partial charge in [-0.05, 0) is 0 Å². The summed E-state index contributed by atoms with van der Waals surface area (Å²) < 4.78 is 4.25. The van der Waals surface area contributed by atoms with Gasteiger partial charge in [-0.15, -0.1) is 0 Å². The second-order valence-electron chi connectivity index (χ2n) is 1.16. The van der Waals surface area contributed by atoms with Gasteiger partial charge in [0.2, 0.25) is 0 Å². The average molecular weight is 144 g/mol. The largest absolute Gasteiger partial charge is 1.00 e. The number of carbonyl (C=O) groups is 1. The maximum absolute atomic E-state index is 9.37. The minimum atomic E-state index is -0.745. The van der Waals surface area contributed by atoms with Gasteiger partial charge in [0, 0.05) is 20.6 Å². The van der Waals surface area contributed by atoms with Crippen LogP contribution in [0.1, 0.15) is 14.8 Å². The molecule has 0 spiro atoms. The molecule has 0 bridgehead atoms. The summed E-state index contributed by atoms with van der Waals surface area (Å²) in [6.07, 6.45) is 0.222. The van der Waals surface area contributed by atoms with E-state index < -0.39 is 5.97 Å². The maximum atomic E-state index is 9.37. The Morgan fingerprint density at radius 1 is 1.67 bits per heavy atom. The van der Waals surface area contributed by atoms with Crippen molar-refractivity contribution in [3.8, 4) is 0 Å². The van der Waals surface area contributed by atoms with E-state index in [2.05, 4.69) is 4.74 Å². The van der Waals surface area contributed by atoms with Crippen molar-refractivity contribution >= 4 is 5.97 Å². The van der Waals surface area contributed by atoms with Crippen LogP contribution < -0.4 is 29.6 Å². The molecule has 0 aromatic heterocycles. The van der Waals surface area contributed by atoms with E-state index in [0.29, 0.717) is 0 Å². The smallest absolute Gasteiger partial charge is 1.00 e. The molecular weight excluding hydrogens is 131 g/mol. The first kappa shape index (κ1) is 16.2. The van der Waals surface area contributed by atoms with E-state index in [-0.39, 0.29) is 37.4 Å². The molecule has 0 rings (SSSR count). The van der Waals surface area contributed by atoms with Gasteiger partial charge in [0.15, 0.2) is 0 Å². The molecular formula is C5H13NaO3. The molecule has 0 aromatic carbocycles. The minimum absolute atomic E-state index is 0. The van der Waals surface area contributed by atoms with Crippen molar-refractivity contribution in [3.05, 3.63) is 0 Å². The summed E-state index contributed by atoms with van der Waals surface area (Å²) in [5, 5.41) is 7.72. The molecule has 0 radical (unpaired) electrons. The van der Waals surface area contributed by atoms with Gasteiger partial charge < -0.3 is 11.3 Å². The molecule has 0 heterocycles. The van der Waals surface area contributed by atoms with Gasteiger partial charge in [0.25, 0.3) is 0 Å². The first-order valence-corrected chi connectivity index (χ1v) is 2.30. The Morgan fingerprint density at radius 2 is 1.78 bits per heavy atom. The molecule has 0 aliphatic heterocycles. The van der Waals surface area contributed by atoms with Gasteiger partial charge in [-0.2, -0.15) is 0 Å². The number of aliphatic carboxylic acids is 1. The van der Waals surface area contributed by atoms with Gasteiger partial charge in [-0.1, -0.05) is 6.92 Å². The molecule has 3 nitrogen and oxygen atoms in total. The standard InChI is InChI=1S/C3H6O2.C2H6O.Na.H/c1-2-3(4)5;1-3-2;;/h2H2,1H3,(H,4,5);1-2H3;;/q;;+1;-1. The van der Waals surface area contributed by atoms with Gasteiger partial charge >= 0.3 is 35.5 Å². The van der Waals surface area contributed by atoms with Crippen LogP contribution in [0.2, 0.25) is 0 Å². The van der Waals surface area contributed by atoms with Crippen LogP contribution in [0.3, 0.4) is 0 Å². The van der Waals surface area contributed by atoms with Crippen LogP contribution in [0, 0.1) is 0 Å². The number of hydrogen-bond donors (Lipinski definition) is 1. The Morgan fingerprint density at radius 3 is 1.78 bits per heavy atom. The number of carboxylic acids is 1. The molecule has 0 aliphatic carbocycles. The summed E-state index contributed by atoms with van der Waals surface area (Å²) in [5.41, 5.74) is 0. The summed E-state index contributed by atoms with van der Waals surface area (Å²) in [4.78, 5) is 9.37. The summed E-state index contributed by atoms with van der Waals surface area (Å²) in [6.45, 7) is 1.60. The first-order chi connectivity index (χ1) is 3.68. The Bertz CT molecular complexity index is 60.9. The van der Waals surface area contributed by atoms with Crippen LogP contribution in [-0.4, -0.2) is 25.3 Å². The molecule has 1 N–H and O–H groups in total. The molecule has 9 heavy (non-hydrogen) atoms. The normalized spacial score (nSPS) is 6.11. The number of carboxylic acid groups (broad SMARTS) is 1. The van der Waals surface area contributed by atoms with Crippen molar-refractivity contribution in [2.24, 2.45) is 0 Å². The third kappa shape index (κ3) is 59.0. The summed E-state index contributed by atoms with van der Waals surface area (Å²) in [7, 11) is 3.25. The first-order valence-electron chi connectivity index (χ1n) is 2.30. The second-order valence-corrected chi connectivity index (χ2v) is 1.16. The van der Waals surface area contributed by atoms with Crippen molar-refractivity contribution < 1.29 is 45.6 Å². The van der Waals surface area contributed by atoms with Gasteiger partial charge in [-0.3, -0.25) is 4.79 Å². The fraction of sp³-hybridized carbons (Fsp3) is 0.800. The van der Waals surface area contributed by atoms with Crippen LogP contribution in [-0.2, 0) is 9.53 Å². The molecule has 0 aliphatic rings. The maximum Gasteiger partial charge on any atom is 1.00 e. The Labute approximate surface area is 79.2 Å². The SMILES string of the molecule is CCC(=O)O.COC.[H-].[Na+]. The van der Waals surface area contributed by atoms with E-state index in [1.807, 2.05) is 0 Å². The van der Waals surface area contributed by atoms with Crippen LogP contribution >= 0.6 is 0 Å². The van der Waals surface area contributed by atoms with E-state index in [0.717, 1.165) is 0 Å². The average Bonchev–Trinajstić information content (AvgIpc) is 1.69. The Balaban J connectivity index is -0.0000000326. The Kier molecular flexibility index (Phi) is 28.4. The zero-order valence-corrected chi connectivity index (χ0v) is 8.47. The van der Waals surface area contributed by atoms with Crippen LogP contribution in [0.25, 0.3) is 0 Å². The van der Waals surface area contributed by atoms with Crippen LogP contribution in [0.15, 0.2) is 0 Å². The van der Waals surface area contributed by atoms with E-state index >= 15 is 0 Å². The minimum Gasteiger partial charge on any atom is -1.00 e. The zero-order chi connectivity index (χ0) is 6.99. The van der Waals surface area contributed by atoms with Crippen molar-refractivity contribution in [3.63, 3.8) is 0 Å². The quantitative estimate of drug-likeness (QED) is 0.427. The summed E-state index contributed by atoms with van der Waals surface area (Å²) in [6, 6.07) is 0. The molecule has 0 atom stereocenters. The molecule has 0 fully saturated rings. The van der Waals surface area contributed by atoms with Gasteiger partial charge in [-0.25, -0.2) is 0 Å². The molecule has 0 unspecified atom stereocenters. The van der Waals surface area contributed by atoms with E-state index in [1.165, 1.54) is 0 Å². The third-order valence-corrected chi connectivity index (χ3v) is 0.302. The number of ether oxygens (including phenoxy) is 1. The van der Waals surface area contributed by atoms with Crippen LogP contribution in [0.4, 0.5) is 0 Å². The fourth-order valence-electron chi connectivity index (χ4n) is 0. The molecule has 4 heteroatoms. The number of methoxy groups -OCH3 is 1. The number of rotatable bonds is 1. The number of hydrogen-bond acceptors (Lipinski definition) is 2. The van der Waals surface area contributed by atoms with Crippen molar-refractivity contribution in [1.29, 1.82) is 0 Å². The second kappa shape index (κ2) is 15.8. The summed E-state index contributed by atoms with van der Waals surface area (Å²) >= 11 is 0. The monoisotopic (exact) mass is 144 g/mol. The van der Waals surface area contributed by atoms with Crippen molar-refractivity contribution in [2.45, 2.75) is 13.3 Å². The summed E-state index contributed by atoms with van der Waals surface area (Å²) in [5.74, 6) is -0.745. The van der Waals surface area contributed by atoms with Crippen molar-refractivity contribution in [1.82, 2.24) is 0 Å². The fourth-order valence-corrected chi connectivity index (χ4v) is 0. The molecule has 0 aromatic rings. The predicted octanol–water partition coefficient (Wildman–Crippen LogP) is -2.14. The zero-order valence-electron chi connectivity index (χ0n) is 7.47. The van der Waals surface area contributed by atoms with Gasteiger partial charge in [0.1, 0.15) is 0 Å². The van der Waals surface area contributed by atoms with E-state index in [4.69, 9.17) is 5.11 Å². The van der Waals surface area contributed by atoms with E-state index in [1.54, 1.807) is 21.1 Å². The molecule has 0 saturated heterocycles. The van der Waals surface area contributed by atoms with Crippen molar-refractivity contribution in [2.75, 3.05) is 14.2 Å². The topological polar surface area (TPSA) is 46.5 Å². The molecule has 0 saturated carbocycles. The van der Waals surface area contributed by atoms with Crippen LogP contribution in [0.5, 0.6) is 0 Å².